The monoisotopic (exact) mass is 599 g/mol. The SMILES string of the molecule is C=CC(=O)N1CCN(c2nc(OC[C@@H]3C[C@@H](F)CN3C)nc3cc(-c4cncc5cccc(Cl)c45)ccc23)CC1CC#N. The second-order valence-corrected chi connectivity index (χ2v) is 11.4. The van der Waals surface area contributed by atoms with Crippen molar-refractivity contribution in [3.05, 3.63) is 66.5 Å². The van der Waals surface area contributed by atoms with Gasteiger partial charge in [-0.05, 0) is 43.3 Å². The number of likely N-dealkylation sites (N-methyl/N-ethyl adjacent to an activating group) is 1. The van der Waals surface area contributed by atoms with Crippen LogP contribution in [0.15, 0.2) is 61.4 Å². The number of fused-ring (bicyclic) bond motifs is 2. The van der Waals surface area contributed by atoms with E-state index in [0.717, 1.165) is 27.3 Å². The minimum atomic E-state index is -0.887. The molecule has 2 saturated heterocycles. The van der Waals surface area contributed by atoms with Crippen molar-refractivity contribution in [2.75, 3.05) is 44.7 Å². The first kappa shape index (κ1) is 28.8. The number of pyridine rings is 1. The molecule has 3 atom stereocenters. The number of piperazine rings is 1. The Hall–Kier alpha value is -4.33. The van der Waals surface area contributed by atoms with Crippen molar-refractivity contribution in [3.63, 3.8) is 0 Å². The lowest BCUT2D eigenvalue weighted by molar-refractivity contribution is -0.128. The number of anilines is 1. The van der Waals surface area contributed by atoms with Crippen LogP contribution in [0.5, 0.6) is 6.01 Å². The van der Waals surface area contributed by atoms with Crippen molar-refractivity contribution in [2.24, 2.45) is 0 Å². The van der Waals surface area contributed by atoms with Crippen molar-refractivity contribution in [1.29, 1.82) is 5.26 Å². The second-order valence-electron chi connectivity index (χ2n) is 11.0. The third-order valence-corrected chi connectivity index (χ3v) is 8.62. The Morgan fingerprint density at radius 2 is 2.07 bits per heavy atom. The Kier molecular flexibility index (Phi) is 8.10. The van der Waals surface area contributed by atoms with Gasteiger partial charge in [0.1, 0.15) is 18.6 Å². The lowest BCUT2D eigenvalue weighted by atomic mass is 9.99. The van der Waals surface area contributed by atoms with Crippen molar-refractivity contribution >= 4 is 45.0 Å². The number of carbonyl (C=O) groups is 1. The number of aromatic nitrogens is 3. The average Bonchev–Trinajstić information content (AvgIpc) is 3.35. The van der Waals surface area contributed by atoms with Crippen molar-refractivity contribution in [3.8, 4) is 23.2 Å². The first-order valence-corrected chi connectivity index (χ1v) is 14.6. The van der Waals surface area contributed by atoms with Gasteiger partial charge in [-0.2, -0.15) is 15.2 Å². The van der Waals surface area contributed by atoms with Crippen molar-refractivity contribution in [2.45, 2.75) is 31.1 Å². The van der Waals surface area contributed by atoms with Gasteiger partial charge in [0.2, 0.25) is 5.91 Å². The largest absolute Gasteiger partial charge is 0.462 e. The van der Waals surface area contributed by atoms with Crippen LogP contribution in [-0.2, 0) is 4.79 Å². The second kappa shape index (κ2) is 12.1. The number of likely N-dealkylation sites (tertiary alicyclic amines) is 1. The number of hydrogen-bond donors (Lipinski definition) is 0. The van der Waals surface area contributed by atoms with Crippen LogP contribution in [0, 0.1) is 11.3 Å². The van der Waals surface area contributed by atoms with Gasteiger partial charge in [-0.3, -0.25) is 14.7 Å². The van der Waals surface area contributed by atoms with Crippen LogP contribution in [-0.4, -0.2) is 88.7 Å². The zero-order chi connectivity index (χ0) is 30.1. The summed E-state index contributed by atoms with van der Waals surface area (Å²) in [6.07, 6.45) is 4.55. The number of alkyl halides is 1. The minimum absolute atomic E-state index is 0.0820. The number of carbonyl (C=O) groups excluding carboxylic acids is 1. The highest BCUT2D eigenvalue weighted by Gasteiger charge is 2.32. The van der Waals surface area contributed by atoms with E-state index in [0.29, 0.717) is 49.0 Å². The molecule has 0 aliphatic carbocycles. The third-order valence-electron chi connectivity index (χ3n) is 8.31. The molecule has 4 heterocycles. The fourth-order valence-corrected chi connectivity index (χ4v) is 6.37. The predicted octanol–water partition coefficient (Wildman–Crippen LogP) is 5.04. The number of halogens is 2. The number of amides is 1. The fourth-order valence-electron chi connectivity index (χ4n) is 6.09. The Morgan fingerprint density at radius 3 is 2.84 bits per heavy atom. The number of nitrogens with zero attached hydrogens (tertiary/aromatic N) is 7. The molecule has 2 aromatic heterocycles. The van der Waals surface area contributed by atoms with Gasteiger partial charge in [0.15, 0.2) is 0 Å². The summed E-state index contributed by atoms with van der Waals surface area (Å²) in [6, 6.07) is 13.7. The first-order valence-electron chi connectivity index (χ1n) is 14.2. The lowest BCUT2D eigenvalue weighted by Gasteiger charge is -2.41. The van der Waals surface area contributed by atoms with Gasteiger partial charge < -0.3 is 14.5 Å². The Labute approximate surface area is 254 Å². The summed E-state index contributed by atoms with van der Waals surface area (Å²) in [5.74, 6) is 0.452. The van der Waals surface area contributed by atoms with E-state index in [9.17, 15) is 14.4 Å². The molecule has 1 unspecified atom stereocenters. The number of ether oxygens (including phenoxy) is 1. The minimum Gasteiger partial charge on any atom is -0.462 e. The van der Waals surface area contributed by atoms with Crippen LogP contribution < -0.4 is 9.64 Å². The quantitative estimate of drug-likeness (QED) is 0.273. The Bertz CT molecular complexity index is 1740. The summed E-state index contributed by atoms with van der Waals surface area (Å²) < 4.78 is 20.1. The molecule has 1 amide bonds. The van der Waals surface area contributed by atoms with Crippen molar-refractivity contribution < 1.29 is 13.9 Å². The maximum Gasteiger partial charge on any atom is 0.319 e. The normalized spacial score (nSPS) is 20.8. The van der Waals surface area contributed by atoms with Crippen LogP contribution in [0.3, 0.4) is 0 Å². The molecular weight excluding hydrogens is 569 g/mol. The molecule has 2 aliphatic heterocycles. The molecule has 0 radical (unpaired) electrons. The van der Waals surface area contributed by atoms with E-state index in [1.807, 2.05) is 48.3 Å². The van der Waals surface area contributed by atoms with Gasteiger partial charge in [-0.1, -0.05) is 36.4 Å². The summed E-state index contributed by atoms with van der Waals surface area (Å²) in [6.45, 7) is 5.58. The fraction of sp³-hybridized carbons (Fsp3) is 0.344. The van der Waals surface area contributed by atoms with E-state index in [-0.39, 0.29) is 37.0 Å². The number of benzene rings is 2. The molecule has 6 rings (SSSR count). The third kappa shape index (κ3) is 5.70. The van der Waals surface area contributed by atoms with Crippen LogP contribution in [0.2, 0.25) is 5.02 Å². The summed E-state index contributed by atoms with van der Waals surface area (Å²) in [5, 5.41) is 12.7. The first-order chi connectivity index (χ1) is 20.9. The number of rotatable bonds is 7. The van der Waals surface area contributed by atoms with Crippen LogP contribution in [0.4, 0.5) is 10.2 Å². The Morgan fingerprint density at radius 1 is 1.21 bits per heavy atom. The molecule has 2 fully saturated rings. The van der Waals surface area contributed by atoms with E-state index in [2.05, 4.69) is 22.5 Å². The number of nitriles is 1. The zero-order valence-electron chi connectivity index (χ0n) is 23.8. The molecule has 0 saturated carbocycles. The zero-order valence-corrected chi connectivity index (χ0v) is 24.5. The summed E-state index contributed by atoms with van der Waals surface area (Å²) in [5.41, 5.74) is 2.42. The van der Waals surface area contributed by atoms with Gasteiger partial charge >= 0.3 is 6.01 Å². The van der Waals surface area contributed by atoms with Gasteiger partial charge in [-0.25, -0.2) is 4.39 Å². The van der Waals surface area contributed by atoms with E-state index >= 15 is 0 Å². The van der Waals surface area contributed by atoms with Gasteiger partial charge in [0.25, 0.3) is 0 Å². The maximum atomic E-state index is 14.0. The molecule has 0 spiro atoms. The Balaban J connectivity index is 1.41. The highest BCUT2D eigenvalue weighted by molar-refractivity contribution is 6.36. The maximum absolute atomic E-state index is 14.0. The molecule has 11 heteroatoms. The lowest BCUT2D eigenvalue weighted by Crippen LogP contribution is -2.55. The molecule has 2 aromatic carbocycles. The van der Waals surface area contributed by atoms with E-state index in [1.165, 1.54) is 6.08 Å². The van der Waals surface area contributed by atoms with Crippen molar-refractivity contribution in [1.82, 2.24) is 24.8 Å². The summed E-state index contributed by atoms with van der Waals surface area (Å²) >= 11 is 6.62. The smallest absolute Gasteiger partial charge is 0.319 e. The average molecular weight is 600 g/mol. The predicted molar refractivity (Wildman–Crippen MR) is 165 cm³/mol. The molecule has 43 heavy (non-hydrogen) atoms. The molecule has 0 bridgehead atoms. The van der Waals surface area contributed by atoms with E-state index in [1.54, 1.807) is 17.3 Å². The molecule has 2 aliphatic rings. The van der Waals surface area contributed by atoms with Crippen LogP contribution >= 0.6 is 11.6 Å². The highest BCUT2D eigenvalue weighted by atomic mass is 35.5. The van der Waals surface area contributed by atoms with Gasteiger partial charge in [0, 0.05) is 71.4 Å². The summed E-state index contributed by atoms with van der Waals surface area (Å²) in [4.78, 5) is 32.2. The molecule has 220 valence electrons. The van der Waals surface area contributed by atoms with E-state index in [4.69, 9.17) is 26.3 Å². The molecule has 0 N–H and O–H groups in total. The molecule has 4 aromatic rings. The van der Waals surface area contributed by atoms with Gasteiger partial charge in [-0.15, -0.1) is 0 Å². The standard InChI is InChI=1S/C32H31ClFN7O2/c1-3-29(42)41-12-11-40(18-23(41)9-10-35)31-25-8-7-20(26-16-36-15-21-5-4-6-27(33)30(21)26)13-28(25)37-32(38-31)43-19-24-14-22(34)17-39(24)2/h3-8,13,15-16,22-24H,1,9,11-12,14,17-19H2,2H3/t22-,23?,24+/m1/s1. The highest BCUT2D eigenvalue weighted by Crippen LogP contribution is 2.36. The summed E-state index contributed by atoms with van der Waals surface area (Å²) in [7, 11) is 1.88. The number of hydrogen-bond acceptors (Lipinski definition) is 8. The topological polar surface area (TPSA) is 98.5 Å². The molecular formula is C32H31ClFN7O2. The van der Waals surface area contributed by atoms with Crippen LogP contribution in [0.25, 0.3) is 32.8 Å². The van der Waals surface area contributed by atoms with Crippen LogP contribution in [0.1, 0.15) is 12.8 Å². The van der Waals surface area contributed by atoms with E-state index < -0.39 is 6.17 Å². The van der Waals surface area contributed by atoms with Gasteiger partial charge in [0.05, 0.1) is 24.0 Å². The molecule has 9 nitrogen and oxygen atoms in total.